The van der Waals surface area contributed by atoms with E-state index >= 15 is 0 Å². The van der Waals surface area contributed by atoms with Crippen molar-refractivity contribution in [2.45, 2.75) is 122 Å². The Morgan fingerprint density at radius 1 is 0.982 bits per heavy atom. The molecule has 1 aromatic rings. The fourth-order valence-corrected chi connectivity index (χ4v) is 7.56. The molecule has 0 aromatic heterocycles. The van der Waals surface area contributed by atoms with Crippen LogP contribution in [0.4, 0.5) is 0 Å². The Morgan fingerprint density at radius 2 is 1.64 bits per heavy atom. The molecule has 1 aliphatic rings. The molecule has 1 fully saturated rings. The van der Waals surface area contributed by atoms with E-state index in [1.807, 2.05) is 58.0 Å². The average Bonchev–Trinajstić information content (AvgIpc) is 3.66. The standard InChI is InChI=1S/C39H64N8O8/c1-12-24(4)34(46(8)38(51)33(26(6)44-45-40)43-37(50)32(41-7)23(2)3)30(53-9)22-31(48)47-20-16-19-29(47)35(54-10)25(5)36(49)42-28(39(52)55-11)21-27-17-14-13-15-18-27/h13-15,17-18,23-26,28-30,32-35,41H,12,16,19-22H2,1-11H3,(H,42,49)(H,43,50)/t24-,25+,26-,28-,29-,30+,32-,33-,34-,35+/m0/s1. The summed E-state index contributed by atoms with van der Waals surface area (Å²) in [6, 6.07) is 4.69. The van der Waals surface area contributed by atoms with Crippen molar-refractivity contribution in [3.05, 3.63) is 46.3 Å². The largest absolute Gasteiger partial charge is 0.467 e. The topological polar surface area (TPSA) is 204 Å². The van der Waals surface area contributed by atoms with Gasteiger partial charge in [-0.25, -0.2) is 4.79 Å². The minimum Gasteiger partial charge on any atom is -0.467 e. The molecular formula is C39H64N8O8. The summed E-state index contributed by atoms with van der Waals surface area (Å²) in [5, 5.41) is 12.4. The highest BCUT2D eigenvalue weighted by Gasteiger charge is 2.43. The minimum atomic E-state index is -1.17. The number of benzene rings is 1. The van der Waals surface area contributed by atoms with Crippen LogP contribution in [0.2, 0.25) is 0 Å². The van der Waals surface area contributed by atoms with Crippen molar-refractivity contribution < 1.29 is 38.2 Å². The maximum atomic E-state index is 14.2. The first-order chi connectivity index (χ1) is 26.1. The molecule has 308 valence electrons. The van der Waals surface area contributed by atoms with Crippen molar-refractivity contribution in [2.24, 2.45) is 22.9 Å². The molecule has 0 spiro atoms. The number of nitrogens with zero attached hydrogens (tertiary/aromatic N) is 5. The number of nitrogens with one attached hydrogen (secondary N) is 3. The lowest BCUT2D eigenvalue weighted by Gasteiger charge is -2.41. The van der Waals surface area contributed by atoms with Crippen LogP contribution < -0.4 is 16.0 Å². The van der Waals surface area contributed by atoms with Gasteiger partial charge >= 0.3 is 5.97 Å². The van der Waals surface area contributed by atoms with E-state index in [-0.39, 0.29) is 30.6 Å². The van der Waals surface area contributed by atoms with Crippen molar-refractivity contribution >= 4 is 29.6 Å². The highest BCUT2D eigenvalue weighted by Crippen LogP contribution is 2.29. The van der Waals surface area contributed by atoms with E-state index in [1.165, 1.54) is 26.2 Å². The van der Waals surface area contributed by atoms with Gasteiger partial charge in [-0.3, -0.25) is 19.2 Å². The van der Waals surface area contributed by atoms with Gasteiger partial charge in [0.1, 0.15) is 12.1 Å². The van der Waals surface area contributed by atoms with E-state index in [1.54, 1.807) is 32.8 Å². The molecule has 0 aliphatic carbocycles. The summed E-state index contributed by atoms with van der Waals surface area (Å²) in [5.74, 6) is -3.04. The van der Waals surface area contributed by atoms with Crippen LogP contribution in [0.1, 0.15) is 72.8 Å². The van der Waals surface area contributed by atoms with Crippen LogP contribution in [0.3, 0.4) is 0 Å². The molecule has 1 aromatic carbocycles. The van der Waals surface area contributed by atoms with Gasteiger partial charge in [-0.05, 0) is 42.8 Å². The Morgan fingerprint density at radius 3 is 2.16 bits per heavy atom. The Labute approximate surface area is 326 Å². The van der Waals surface area contributed by atoms with Crippen molar-refractivity contribution in [1.29, 1.82) is 0 Å². The average molecular weight is 773 g/mol. The molecule has 3 N–H and O–H groups in total. The van der Waals surface area contributed by atoms with E-state index in [0.29, 0.717) is 25.8 Å². The van der Waals surface area contributed by atoms with Crippen molar-refractivity contribution in [3.8, 4) is 0 Å². The molecule has 55 heavy (non-hydrogen) atoms. The van der Waals surface area contributed by atoms with Crippen LogP contribution in [-0.4, -0.2) is 130 Å². The van der Waals surface area contributed by atoms with E-state index < -0.39 is 78.1 Å². The second-order valence-corrected chi connectivity index (χ2v) is 14.8. The van der Waals surface area contributed by atoms with Crippen LogP contribution in [-0.2, 0) is 44.6 Å². The van der Waals surface area contributed by atoms with Gasteiger partial charge in [0, 0.05) is 39.1 Å². The summed E-state index contributed by atoms with van der Waals surface area (Å²) in [5.41, 5.74) is 10.1. The molecule has 0 radical (unpaired) electrons. The number of hydrogen-bond donors (Lipinski definition) is 3. The molecule has 1 saturated heterocycles. The highest BCUT2D eigenvalue weighted by atomic mass is 16.5. The first-order valence-corrected chi connectivity index (χ1v) is 19.2. The minimum absolute atomic E-state index is 0.0732. The number of rotatable bonds is 22. The predicted molar refractivity (Wildman–Crippen MR) is 208 cm³/mol. The first-order valence-electron chi connectivity index (χ1n) is 19.2. The van der Waals surface area contributed by atoms with Crippen molar-refractivity contribution in [1.82, 2.24) is 25.8 Å². The lowest BCUT2D eigenvalue weighted by Crippen LogP contribution is -2.60. The molecule has 1 aliphatic heterocycles. The molecule has 2 rings (SSSR count). The summed E-state index contributed by atoms with van der Waals surface area (Å²) in [6.45, 7) is 11.4. The van der Waals surface area contributed by atoms with Gasteiger partial charge in [0.15, 0.2) is 0 Å². The van der Waals surface area contributed by atoms with Crippen LogP contribution >= 0.6 is 0 Å². The number of hydrogen-bond acceptors (Lipinski definition) is 10. The smallest absolute Gasteiger partial charge is 0.328 e. The van der Waals surface area contributed by atoms with E-state index in [0.717, 1.165) is 5.56 Å². The van der Waals surface area contributed by atoms with Crippen LogP contribution in [0.5, 0.6) is 0 Å². The first kappa shape index (κ1) is 46.9. The number of carbonyl (C=O) groups excluding carboxylic acids is 5. The number of likely N-dealkylation sites (N-methyl/N-ethyl adjacent to an activating group) is 2. The van der Waals surface area contributed by atoms with E-state index in [4.69, 9.17) is 14.2 Å². The summed E-state index contributed by atoms with van der Waals surface area (Å²) in [7, 11) is 7.53. The van der Waals surface area contributed by atoms with E-state index in [2.05, 4.69) is 26.0 Å². The van der Waals surface area contributed by atoms with Crippen LogP contribution in [0, 0.1) is 17.8 Å². The normalized spacial score (nSPS) is 19.1. The third kappa shape index (κ3) is 12.6. The molecule has 0 bridgehead atoms. The van der Waals surface area contributed by atoms with Crippen molar-refractivity contribution in [3.63, 3.8) is 0 Å². The van der Waals surface area contributed by atoms with Crippen LogP contribution in [0.25, 0.3) is 10.4 Å². The number of methoxy groups -OCH3 is 3. The highest BCUT2D eigenvalue weighted by molar-refractivity contribution is 5.91. The maximum Gasteiger partial charge on any atom is 0.328 e. The fourth-order valence-electron chi connectivity index (χ4n) is 7.56. The lowest BCUT2D eigenvalue weighted by molar-refractivity contribution is -0.148. The molecule has 16 heteroatoms. The van der Waals surface area contributed by atoms with Crippen molar-refractivity contribution in [2.75, 3.05) is 42.0 Å². The molecule has 1 heterocycles. The molecule has 4 amide bonds. The van der Waals surface area contributed by atoms with Gasteiger partial charge in [-0.1, -0.05) is 83.4 Å². The maximum absolute atomic E-state index is 14.2. The molecule has 16 nitrogen and oxygen atoms in total. The van der Waals surface area contributed by atoms with Gasteiger partial charge in [-0.15, -0.1) is 0 Å². The number of azide groups is 1. The van der Waals surface area contributed by atoms with Gasteiger partial charge in [0.2, 0.25) is 23.6 Å². The summed E-state index contributed by atoms with van der Waals surface area (Å²) in [4.78, 5) is 74.1. The van der Waals surface area contributed by atoms with Gasteiger partial charge in [-0.2, -0.15) is 0 Å². The number of ether oxygens (including phenoxy) is 3. The Kier molecular flexibility index (Phi) is 19.6. The summed E-state index contributed by atoms with van der Waals surface area (Å²) >= 11 is 0. The fraction of sp³-hybridized carbons (Fsp3) is 0.718. The molecule has 10 atom stereocenters. The third-order valence-corrected chi connectivity index (χ3v) is 10.9. The molecule has 0 unspecified atom stereocenters. The number of carbonyl (C=O) groups is 5. The van der Waals surface area contributed by atoms with Gasteiger partial charge in [0.25, 0.3) is 0 Å². The molecule has 0 saturated carbocycles. The van der Waals surface area contributed by atoms with Crippen LogP contribution in [0.15, 0.2) is 35.4 Å². The van der Waals surface area contributed by atoms with Gasteiger partial charge < -0.3 is 40.0 Å². The SMILES string of the molecule is CC[C@H](C)[C@@H]([C@@H](CC(=O)N1CCC[C@H]1[C@H](OC)[C@@H](C)C(=O)N[C@@H](Cc1ccccc1)C(=O)OC)OC)N(C)C(=O)[C@@H](NC(=O)[C@@H](NC)C(C)C)[C@H](C)N=[N+]=[N-]. The predicted octanol–water partition coefficient (Wildman–Crippen LogP) is 3.23. The monoisotopic (exact) mass is 772 g/mol. The Bertz CT molecular complexity index is 1460. The zero-order valence-corrected chi connectivity index (χ0v) is 34.5. The number of amides is 4. The molecular weight excluding hydrogens is 708 g/mol. The van der Waals surface area contributed by atoms with Gasteiger partial charge in [0.05, 0.1) is 55.8 Å². The summed E-state index contributed by atoms with van der Waals surface area (Å²) in [6.07, 6.45) is 0.681. The Hall–Kier alpha value is -4.24. The van der Waals surface area contributed by atoms with E-state index in [9.17, 15) is 29.5 Å². The third-order valence-electron chi connectivity index (χ3n) is 10.9. The second-order valence-electron chi connectivity index (χ2n) is 14.8. The Balaban J connectivity index is 2.32. The zero-order chi connectivity index (χ0) is 41.4. The zero-order valence-electron chi connectivity index (χ0n) is 34.5. The number of esters is 1. The number of likely N-dealkylation sites (tertiary alicyclic amines) is 1. The second kappa shape index (κ2) is 23.0. The lowest BCUT2D eigenvalue weighted by atomic mass is 9.89. The quantitative estimate of drug-likeness (QED) is 0.0684. The summed E-state index contributed by atoms with van der Waals surface area (Å²) < 4.78 is 16.9.